The zero-order chi connectivity index (χ0) is 15.9. The third-order valence-electron chi connectivity index (χ3n) is 6.19. The van der Waals surface area contributed by atoms with Crippen LogP contribution in [0.1, 0.15) is 51.2 Å². The fourth-order valence-corrected chi connectivity index (χ4v) is 4.63. The van der Waals surface area contributed by atoms with Gasteiger partial charge in [0, 0.05) is 18.3 Å². The summed E-state index contributed by atoms with van der Waals surface area (Å²) in [6.07, 6.45) is 4.21. The molecule has 22 heavy (non-hydrogen) atoms. The van der Waals surface area contributed by atoms with Crippen LogP contribution in [0.4, 0.5) is 5.69 Å². The van der Waals surface area contributed by atoms with Gasteiger partial charge in [-0.25, -0.2) is 0 Å². The Kier molecular flexibility index (Phi) is 3.91. The zero-order valence-corrected chi connectivity index (χ0v) is 14.0. The summed E-state index contributed by atoms with van der Waals surface area (Å²) in [5.41, 5.74) is 9.97. The van der Waals surface area contributed by atoms with Gasteiger partial charge >= 0.3 is 0 Å². The molecule has 0 amide bonds. The molecule has 3 rings (SSSR count). The van der Waals surface area contributed by atoms with Crippen molar-refractivity contribution in [1.29, 1.82) is 5.26 Å². The molecule has 3 heteroatoms. The minimum absolute atomic E-state index is 0.0670. The maximum atomic E-state index is 9.58. The van der Waals surface area contributed by atoms with Crippen LogP contribution >= 0.6 is 0 Å². The van der Waals surface area contributed by atoms with Crippen LogP contribution in [0.3, 0.4) is 0 Å². The Morgan fingerprint density at radius 2 is 2.27 bits per heavy atom. The van der Waals surface area contributed by atoms with Gasteiger partial charge in [-0.15, -0.1) is 0 Å². The van der Waals surface area contributed by atoms with Crippen molar-refractivity contribution in [2.45, 2.75) is 64.0 Å². The monoisotopic (exact) mass is 297 g/mol. The maximum absolute atomic E-state index is 9.58. The first-order valence-electron chi connectivity index (χ1n) is 8.55. The second-order valence-corrected chi connectivity index (χ2v) is 7.32. The Hall–Kier alpha value is -1.53. The number of nitrogen functional groups attached to an aromatic ring is 1. The standard InChI is InChI=1S/C19H27N3/c1-4-5-16(12-20)22-9-8-19(3)13(2)18(22)10-14-6-7-15(21)11-17(14)19/h6-7,11,13,16,18H,4-5,8-10,21H2,1-3H3/t13-,16?,18-,19-/m1/s1. The molecule has 0 spiro atoms. The zero-order valence-electron chi connectivity index (χ0n) is 14.0. The van der Waals surface area contributed by atoms with E-state index in [4.69, 9.17) is 5.73 Å². The lowest BCUT2D eigenvalue weighted by Crippen LogP contribution is -2.60. The lowest BCUT2D eigenvalue weighted by molar-refractivity contribution is 0.0136. The Balaban J connectivity index is 1.99. The van der Waals surface area contributed by atoms with E-state index in [1.54, 1.807) is 0 Å². The van der Waals surface area contributed by atoms with Crippen LogP contribution in [0.2, 0.25) is 0 Å². The number of likely N-dealkylation sites (tertiary alicyclic amines) is 1. The summed E-state index contributed by atoms with van der Waals surface area (Å²) in [5, 5.41) is 9.58. The molecule has 1 aliphatic heterocycles. The molecule has 1 aliphatic carbocycles. The third kappa shape index (κ3) is 2.21. The number of piperidine rings is 1. The van der Waals surface area contributed by atoms with Gasteiger partial charge in [-0.3, -0.25) is 4.90 Å². The van der Waals surface area contributed by atoms with Crippen molar-refractivity contribution in [2.75, 3.05) is 12.3 Å². The number of benzene rings is 1. The molecule has 118 valence electrons. The SMILES string of the molecule is CCCC(C#N)N1CC[C@@]2(C)c3cc(N)ccc3C[C@@H]1[C@H]2C. The second-order valence-electron chi connectivity index (χ2n) is 7.32. The predicted molar refractivity (Wildman–Crippen MR) is 90.5 cm³/mol. The summed E-state index contributed by atoms with van der Waals surface area (Å²) >= 11 is 0. The van der Waals surface area contributed by atoms with Crippen LogP contribution in [0.15, 0.2) is 18.2 Å². The number of rotatable bonds is 3. The van der Waals surface area contributed by atoms with Gasteiger partial charge in [0.25, 0.3) is 0 Å². The van der Waals surface area contributed by atoms with Gasteiger partial charge in [-0.2, -0.15) is 5.26 Å². The highest BCUT2D eigenvalue weighted by Gasteiger charge is 2.49. The van der Waals surface area contributed by atoms with E-state index in [0.717, 1.165) is 37.9 Å². The first kappa shape index (κ1) is 15.4. The summed E-state index contributed by atoms with van der Waals surface area (Å²) in [4.78, 5) is 2.48. The van der Waals surface area contributed by atoms with Crippen LogP contribution in [0, 0.1) is 17.2 Å². The van der Waals surface area contributed by atoms with E-state index in [1.165, 1.54) is 11.1 Å². The maximum Gasteiger partial charge on any atom is 0.0980 e. The van der Waals surface area contributed by atoms with Gasteiger partial charge in [-0.05, 0) is 53.9 Å². The molecule has 0 saturated carbocycles. The van der Waals surface area contributed by atoms with Gasteiger partial charge in [0.2, 0.25) is 0 Å². The first-order chi connectivity index (χ1) is 10.5. The Morgan fingerprint density at radius 1 is 1.50 bits per heavy atom. The fourth-order valence-electron chi connectivity index (χ4n) is 4.63. The van der Waals surface area contributed by atoms with E-state index in [1.807, 2.05) is 6.07 Å². The smallest absolute Gasteiger partial charge is 0.0980 e. The lowest BCUT2D eigenvalue weighted by atomic mass is 9.58. The molecular weight excluding hydrogens is 270 g/mol. The van der Waals surface area contributed by atoms with Gasteiger partial charge in [0.1, 0.15) is 0 Å². The van der Waals surface area contributed by atoms with E-state index in [-0.39, 0.29) is 11.5 Å². The number of hydrogen-bond acceptors (Lipinski definition) is 3. The molecule has 0 radical (unpaired) electrons. The molecule has 1 aromatic carbocycles. The van der Waals surface area contributed by atoms with Gasteiger partial charge in [-0.1, -0.05) is 33.3 Å². The first-order valence-corrected chi connectivity index (χ1v) is 8.55. The van der Waals surface area contributed by atoms with Crippen LogP contribution < -0.4 is 5.73 Å². The second kappa shape index (κ2) is 5.59. The number of nitriles is 1. The van der Waals surface area contributed by atoms with E-state index in [2.05, 4.69) is 43.9 Å². The predicted octanol–water partition coefficient (Wildman–Crippen LogP) is 3.49. The van der Waals surface area contributed by atoms with Crippen LogP contribution in [0.25, 0.3) is 0 Å². The summed E-state index contributed by atoms with van der Waals surface area (Å²) in [6.45, 7) is 7.95. The summed E-state index contributed by atoms with van der Waals surface area (Å²) < 4.78 is 0. The fraction of sp³-hybridized carbons (Fsp3) is 0.632. The molecule has 1 heterocycles. The minimum Gasteiger partial charge on any atom is -0.399 e. The van der Waals surface area contributed by atoms with Crippen molar-refractivity contribution in [2.24, 2.45) is 5.92 Å². The molecule has 1 unspecified atom stereocenters. The third-order valence-corrected chi connectivity index (χ3v) is 6.19. The van der Waals surface area contributed by atoms with Gasteiger partial charge < -0.3 is 5.73 Å². The van der Waals surface area contributed by atoms with Gasteiger partial charge in [0.05, 0.1) is 12.1 Å². The largest absolute Gasteiger partial charge is 0.399 e. The molecule has 1 fully saturated rings. The molecule has 4 atom stereocenters. The quantitative estimate of drug-likeness (QED) is 0.869. The number of fused-ring (bicyclic) bond motifs is 4. The highest BCUT2D eigenvalue weighted by molar-refractivity contribution is 5.50. The van der Waals surface area contributed by atoms with E-state index < -0.39 is 0 Å². The average molecular weight is 297 g/mol. The van der Waals surface area contributed by atoms with Gasteiger partial charge in [0.15, 0.2) is 0 Å². The number of anilines is 1. The number of hydrogen-bond donors (Lipinski definition) is 1. The summed E-state index contributed by atoms with van der Waals surface area (Å²) in [7, 11) is 0. The van der Waals surface area contributed by atoms with Crippen molar-refractivity contribution in [3.63, 3.8) is 0 Å². The molecule has 2 N–H and O–H groups in total. The molecule has 2 bridgehead atoms. The van der Waals surface area contributed by atoms with Crippen molar-refractivity contribution in [1.82, 2.24) is 4.90 Å². The average Bonchev–Trinajstić information content (AvgIpc) is 2.50. The van der Waals surface area contributed by atoms with Crippen molar-refractivity contribution < 1.29 is 0 Å². The Labute approximate surface area is 134 Å². The van der Waals surface area contributed by atoms with Crippen molar-refractivity contribution in [3.05, 3.63) is 29.3 Å². The normalized spacial score (nSPS) is 32.1. The van der Waals surface area contributed by atoms with Crippen LogP contribution in [0.5, 0.6) is 0 Å². The lowest BCUT2D eigenvalue weighted by Gasteiger charge is -2.55. The van der Waals surface area contributed by atoms with Crippen LogP contribution in [-0.4, -0.2) is 23.5 Å². The van der Waals surface area contributed by atoms with Crippen molar-refractivity contribution in [3.8, 4) is 6.07 Å². The molecule has 0 aromatic heterocycles. The topological polar surface area (TPSA) is 53.0 Å². The molecule has 1 aromatic rings. The molecule has 3 nitrogen and oxygen atoms in total. The van der Waals surface area contributed by atoms with Crippen LogP contribution in [-0.2, 0) is 11.8 Å². The number of nitrogens with zero attached hydrogens (tertiary/aromatic N) is 2. The molecule has 2 aliphatic rings. The Morgan fingerprint density at radius 3 is 2.95 bits per heavy atom. The summed E-state index contributed by atoms with van der Waals surface area (Å²) in [5.74, 6) is 0.559. The molecular formula is C19H27N3. The highest BCUT2D eigenvalue weighted by Crippen LogP contribution is 2.49. The van der Waals surface area contributed by atoms with E-state index in [9.17, 15) is 5.26 Å². The van der Waals surface area contributed by atoms with E-state index in [0.29, 0.717) is 12.0 Å². The minimum atomic E-state index is 0.0670. The van der Waals surface area contributed by atoms with E-state index >= 15 is 0 Å². The van der Waals surface area contributed by atoms with Crippen molar-refractivity contribution >= 4 is 5.69 Å². The Bertz CT molecular complexity index is 603. The summed E-state index contributed by atoms with van der Waals surface area (Å²) in [6, 6.07) is 9.50. The number of nitrogens with two attached hydrogens (primary N) is 1. The molecule has 1 saturated heterocycles. The highest BCUT2D eigenvalue weighted by atomic mass is 15.2.